The Morgan fingerprint density at radius 2 is 1.71 bits per heavy atom. The summed E-state index contributed by atoms with van der Waals surface area (Å²) < 4.78 is 0. The Bertz CT molecular complexity index is 262. The molecule has 0 saturated carbocycles. The summed E-state index contributed by atoms with van der Waals surface area (Å²) >= 11 is 0. The highest BCUT2D eigenvalue weighted by Gasteiger charge is 2.19. The van der Waals surface area contributed by atoms with Gasteiger partial charge in [0, 0.05) is 6.92 Å². The first kappa shape index (κ1) is 12.9. The summed E-state index contributed by atoms with van der Waals surface area (Å²) in [6, 6.07) is 0. The van der Waals surface area contributed by atoms with Gasteiger partial charge < -0.3 is 5.11 Å². The lowest BCUT2D eigenvalue weighted by Crippen LogP contribution is -2.25. The lowest BCUT2D eigenvalue weighted by molar-refractivity contribution is -0.308. The highest BCUT2D eigenvalue weighted by Crippen LogP contribution is 2.09. The van der Waals surface area contributed by atoms with Crippen molar-refractivity contribution in [2.75, 3.05) is 0 Å². The van der Waals surface area contributed by atoms with Crippen molar-refractivity contribution in [3.05, 3.63) is 0 Å². The monoisotopic (exact) mass is 200 g/mol. The van der Waals surface area contributed by atoms with Crippen molar-refractivity contribution in [3.8, 4) is 11.8 Å². The van der Waals surface area contributed by atoms with Crippen LogP contribution in [-0.2, 0) is 14.6 Å². The second kappa shape index (κ2) is 4.45. The van der Waals surface area contributed by atoms with Crippen molar-refractivity contribution >= 4 is 5.97 Å². The average molecular weight is 200 g/mol. The molecule has 4 nitrogen and oxygen atoms in total. The number of carbonyl (C=O) groups excluding carboxylic acids is 1. The zero-order valence-electron chi connectivity index (χ0n) is 9.17. The van der Waals surface area contributed by atoms with Crippen LogP contribution in [0.2, 0.25) is 0 Å². The molecule has 14 heavy (non-hydrogen) atoms. The first-order valence-electron chi connectivity index (χ1n) is 4.25. The van der Waals surface area contributed by atoms with Gasteiger partial charge in [-0.2, -0.15) is 4.89 Å². The number of carbonyl (C=O) groups is 1. The van der Waals surface area contributed by atoms with Crippen LogP contribution in [0, 0.1) is 11.8 Å². The maximum absolute atomic E-state index is 10.4. The summed E-state index contributed by atoms with van der Waals surface area (Å²) in [4.78, 5) is 19.5. The van der Waals surface area contributed by atoms with Crippen LogP contribution in [0.4, 0.5) is 0 Å². The van der Waals surface area contributed by atoms with Gasteiger partial charge in [-0.1, -0.05) is 11.8 Å². The summed E-state index contributed by atoms with van der Waals surface area (Å²) in [5.74, 6) is 4.69. The van der Waals surface area contributed by atoms with E-state index in [4.69, 9.17) is 4.89 Å². The molecule has 0 fully saturated rings. The zero-order chi connectivity index (χ0) is 11.4. The first-order valence-corrected chi connectivity index (χ1v) is 4.25. The second-order valence-corrected chi connectivity index (χ2v) is 3.98. The van der Waals surface area contributed by atoms with Crippen LogP contribution in [0.5, 0.6) is 0 Å². The van der Waals surface area contributed by atoms with E-state index in [1.165, 1.54) is 6.92 Å². The van der Waals surface area contributed by atoms with Gasteiger partial charge in [-0.25, -0.2) is 4.79 Å². The predicted octanol–water partition coefficient (Wildman–Crippen LogP) is 1.03. The molecule has 0 radical (unpaired) electrons. The highest BCUT2D eigenvalue weighted by atomic mass is 17.2. The minimum atomic E-state index is -1.09. The Morgan fingerprint density at radius 1 is 1.21 bits per heavy atom. The van der Waals surface area contributed by atoms with Crippen molar-refractivity contribution in [2.24, 2.45) is 0 Å². The fourth-order valence-corrected chi connectivity index (χ4v) is 0.487. The van der Waals surface area contributed by atoms with E-state index in [9.17, 15) is 9.90 Å². The van der Waals surface area contributed by atoms with Crippen molar-refractivity contribution < 1.29 is 19.7 Å². The van der Waals surface area contributed by atoms with Gasteiger partial charge in [-0.05, 0) is 27.7 Å². The predicted molar refractivity (Wildman–Crippen MR) is 51.0 cm³/mol. The first-order chi connectivity index (χ1) is 6.12. The standard InChI is InChI=1S/C10H16O4/c1-8(11)13-14-10(4,5)7-6-9(2,3)12/h12H,1-5H3. The van der Waals surface area contributed by atoms with Crippen LogP contribution in [0.1, 0.15) is 34.6 Å². The van der Waals surface area contributed by atoms with E-state index in [0.29, 0.717) is 0 Å². The van der Waals surface area contributed by atoms with E-state index in [1.54, 1.807) is 27.7 Å². The summed E-state index contributed by atoms with van der Waals surface area (Å²) in [5, 5.41) is 9.32. The molecule has 4 heteroatoms. The Labute approximate surface area is 84.1 Å². The molecule has 0 amide bonds. The van der Waals surface area contributed by atoms with Crippen LogP contribution in [0.25, 0.3) is 0 Å². The molecular formula is C10H16O4. The molecule has 0 aliphatic heterocycles. The lowest BCUT2D eigenvalue weighted by atomic mass is 10.1. The topological polar surface area (TPSA) is 55.8 Å². The fraction of sp³-hybridized carbons (Fsp3) is 0.700. The van der Waals surface area contributed by atoms with Crippen LogP contribution in [0.3, 0.4) is 0 Å². The summed E-state index contributed by atoms with van der Waals surface area (Å²) in [6.45, 7) is 7.62. The largest absolute Gasteiger partial charge is 0.378 e. The number of hydrogen-bond donors (Lipinski definition) is 1. The second-order valence-electron chi connectivity index (χ2n) is 3.98. The zero-order valence-corrected chi connectivity index (χ0v) is 9.17. The minimum absolute atomic E-state index is 0.539. The molecular weight excluding hydrogens is 184 g/mol. The van der Waals surface area contributed by atoms with E-state index in [1.807, 2.05) is 0 Å². The quantitative estimate of drug-likeness (QED) is 0.411. The molecule has 0 aliphatic carbocycles. The molecule has 0 aromatic carbocycles. The number of hydrogen-bond acceptors (Lipinski definition) is 4. The van der Waals surface area contributed by atoms with E-state index in [-0.39, 0.29) is 0 Å². The molecule has 0 aliphatic rings. The van der Waals surface area contributed by atoms with Gasteiger partial charge in [-0.3, -0.25) is 4.89 Å². The molecule has 0 aromatic heterocycles. The molecule has 0 unspecified atom stereocenters. The van der Waals surface area contributed by atoms with E-state index >= 15 is 0 Å². The molecule has 80 valence electrons. The van der Waals surface area contributed by atoms with Crippen LogP contribution >= 0.6 is 0 Å². The van der Waals surface area contributed by atoms with Crippen LogP contribution < -0.4 is 0 Å². The molecule has 1 N–H and O–H groups in total. The average Bonchev–Trinajstić information content (AvgIpc) is 1.97. The SMILES string of the molecule is CC(=O)OOC(C)(C)C#CC(C)(C)O. The van der Waals surface area contributed by atoms with Crippen molar-refractivity contribution in [1.82, 2.24) is 0 Å². The van der Waals surface area contributed by atoms with E-state index in [0.717, 1.165) is 0 Å². The molecule has 0 aromatic rings. The summed E-state index contributed by atoms with van der Waals surface area (Å²) in [6.07, 6.45) is 0. The van der Waals surface area contributed by atoms with Crippen LogP contribution in [0.15, 0.2) is 0 Å². The Balaban J connectivity index is 4.31. The van der Waals surface area contributed by atoms with Gasteiger partial charge in [0.05, 0.1) is 0 Å². The number of rotatable bonds is 2. The Hall–Kier alpha value is -1.05. The van der Waals surface area contributed by atoms with E-state index in [2.05, 4.69) is 16.7 Å². The molecule has 0 rings (SSSR count). The normalized spacial score (nSPS) is 11.6. The van der Waals surface area contributed by atoms with Gasteiger partial charge in [0.25, 0.3) is 0 Å². The maximum Gasteiger partial charge on any atom is 0.339 e. The summed E-state index contributed by atoms with van der Waals surface area (Å²) in [5.41, 5.74) is -2.01. The van der Waals surface area contributed by atoms with Gasteiger partial charge in [0.1, 0.15) is 5.60 Å². The molecule has 0 atom stereocenters. The maximum atomic E-state index is 10.4. The molecule has 0 bridgehead atoms. The van der Waals surface area contributed by atoms with E-state index < -0.39 is 17.2 Å². The third-order valence-electron chi connectivity index (χ3n) is 1.04. The lowest BCUT2D eigenvalue weighted by Gasteiger charge is -2.16. The Morgan fingerprint density at radius 3 is 2.07 bits per heavy atom. The van der Waals surface area contributed by atoms with Crippen LogP contribution in [-0.4, -0.2) is 22.3 Å². The number of aliphatic hydroxyl groups is 1. The highest BCUT2D eigenvalue weighted by molar-refractivity contribution is 5.65. The van der Waals surface area contributed by atoms with Gasteiger partial charge in [0.15, 0.2) is 5.60 Å². The third kappa shape index (κ3) is 7.59. The molecule has 0 spiro atoms. The minimum Gasteiger partial charge on any atom is -0.378 e. The smallest absolute Gasteiger partial charge is 0.339 e. The van der Waals surface area contributed by atoms with Crippen molar-refractivity contribution in [1.29, 1.82) is 0 Å². The Kier molecular flexibility index (Phi) is 4.11. The van der Waals surface area contributed by atoms with Crippen molar-refractivity contribution in [2.45, 2.75) is 45.8 Å². The van der Waals surface area contributed by atoms with Gasteiger partial charge in [-0.15, -0.1) is 0 Å². The molecule has 0 heterocycles. The van der Waals surface area contributed by atoms with Gasteiger partial charge in [0.2, 0.25) is 0 Å². The molecule has 0 saturated heterocycles. The summed E-state index contributed by atoms with van der Waals surface area (Å²) in [7, 11) is 0. The third-order valence-corrected chi connectivity index (χ3v) is 1.04. The fourth-order valence-electron chi connectivity index (χ4n) is 0.487. The van der Waals surface area contributed by atoms with Crippen molar-refractivity contribution in [3.63, 3.8) is 0 Å². The van der Waals surface area contributed by atoms with Gasteiger partial charge >= 0.3 is 5.97 Å².